The second kappa shape index (κ2) is 8.01. The van der Waals surface area contributed by atoms with E-state index in [4.69, 9.17) is 0 Å². The maximum atomic E-state index is 12.8. The zero-order valence-electron chi connectivity index (χ0n) is 14.9. The molecular formula is C18H16F3N5OS. The van der Waals surface area contributed by atoms with Crippen molar-refractivity contribution in [1.82, 2.24) is 19.7 Å². The summed E-state index contributed by atoms with van der Waals surface area (Å²) in [5, 5.41) is 11.0. The quantitative estimate of drug-likeness (QED) is 0.637. The Kier molecular flexibility index (Phi) is 5.68. The summed E-state index contributed by atoms with van der Waals surface area (Å²) in [5.41, 5.74) is 0.319. The highest BCUT2D eigenvalue weighted by molar-refractivity contribution is 7.99. The van der Waals surface area contributed by atoms with Crippen molar-refractivity contribution in [2.24, 2.45) is 7.05 Å². The minimum atomic E-state index is -4.51. The SMILES string of the molecule is CC(Sc1nncn1C)c1cccc(C(=O)Nc2cc(C(F)(F)F)ccn2)c1. The highest BCUT2D eigenvalue weighted by Crippen LogP contribution is 2.33. The maximum absolute atomic E-state index is 12.8. The van der Waals surface area contributed by atoms with Gasteiger partial charge in [0.1, 0.15) is 12.1 Å². The number of aromatic nitrogens is 4. The monoisotopic (exact) mass is 407 g/mol. The van der Waals surface area contributed by atoms with Crippen LogP contribution in [0.3, 0.4) is 0 Å². The molecule has 0 aliphatic carbocycles. The first-order chi connectivity index (χ1) is 13.2. The van der Waals surface area contributed by atoms with Crippen LogP contribution in [0.25, 0.3) is 0 Å². The third kappa shape index (κ3) is 4.69. The number of hydrogen-bond acceptors (Lipinski definition) is 5. The van der Waals surface area contributed by atoms with E-state index in [0.717, 1.165) is 29.0 Å². The number of carbonyl (C=O) groups excluding carboxylic acids is 1. The second-order valence-electron chi connectivity index (χ2n) is 5.99. The summed E-state index contributed by atoms with van der Waals surface area (Å²) >= 11 is 1.48. The zero-order chi connectivity index (χ0) is 20.3. The van der Waals surface area contributed by atoms with E-state index in [1.54, 1.807) is 29.1 Å². The summed E-state index contributed by atoms with van der Waals surface area (Å²) in [6, 6.07) is 8.52. The smallest absolute Gasteiger partial charge is 0.312 e. The molecule has 0 saturated heterocycles. The van der Waals surface area contributed by atoms with E-state index < -0.39 is 17.6 Å². The van der Waals surface area contributed by atoms with Crippen LogP contribution < -0.4 is 5.32 Å². The molecular weight excluding hydrogens is 391 g/mol. The van der Waals surface area contributed by atoms with Gasteiger partial charge in [-0.25, -0.2) is 4.98 Å². The Morgan fingerprint density at radius 3 is 2.71 bits per heavy atom. The molecule has 1 unspecified atom stereocenters. The standard InChI is InChI=1S/C18H16F3N5OS/c1-11(28-17-25-23-10-26(17)2)12-4-3-5-13(8-12)16(27)24-15-9-14(6-7-22-15)18(19,20)21/h3-11H,1-2H3,(H,22,24,27). The van der Waals surface area contributed by atoms with Gasteiger partial charge in [-0.2, -0.15) is 13.2 Å². The van der Waals surface area contributed by atoms with Crippen molar-refractivity contribution < 1.29 is 18.0 Å². The summed E-state index contributed by atoms with van der Waals surface area (Å²) in [4.78, 5) is 16.2. The molecule has 0 radical (unpaired) electrons. The number of anilines is 1. The minimum absolute atomic E-state index is 0.0117. The van der Waals surface area contributed by atoms with Gasteiger partial charge in [0.25, 0.3) is 5.91 Å². The van der Waals surface area contributed by atoms with Crippen LogP contribution in [-0.4, -0.2) is 25.7 Å². The minimum Gasteiger partial charge on any atom is -0.312 e. The Hall–Kier alpha value is -2.88. The Morgan fingerprint density at radius 1 is 1.25 bits per heavy atom. The molecule has 1 atom stereocenters. The molecule has 3 aromatic rings. The Labute approximate surface area is 163 Å². The number of nitrogens with zero attached hydrogens (tertiary/aromatic N) is 4. The lowest BCUT2D eigenvalue weighted by Gasteiger charge is -2.13. The molecule has 0 fully saturated rings. The number of alkyl halides is 3. The molecule has 0 bridgehead atoms. The lowest BCUT2D eigenvalue weighted by atomic mass is 10.1. The summed E-state index contributed by atoms with van der Waals surface area (Å²) in [5.74, 6) is -0.698. The van der Waals surface area contributed by atoms with Crippen molar-refractivity contribution in [1.29, 1.82) is 0 Å². The van der Waals surface area contributed by atoms with Crippen LogP contribution in [0, 0.1) is 0 Å². The molecule has 1 N–H and O–H groups in total. The molecule has 28 heavy (non-hydrogen) atoms. The van der Waals surface area contributed by atoms with Gasteiger partial charge < -0.3 is 9.88 Å². The molecule has 0 aliphatic rings. The van der Waals surface area contributed by atoms with Gasteiger partial charge >= 0.3 is 6.18 Å². The van der Waals surface area contributed by atoms with Crippen LogP contribution in [-0.2, 0) is 13.2 Å². The fourth-order valence-electron chi connectivity index (χ4n) is 2.40. The number of thioether (sulfide) groups is 1. The van der Waals surface area contributed by atoms with E-state index >= 15 is 0 Å². The van der Waals surface area contributed by atoms with Crippen LogP contribution >= 0.6 is 11.8 Å². The van der Waals surface area contributed by atoms with Gasteiger partial charge in [0.2, 0.25) is 0 Å². The van der Waals surface area contributed by atoms with Crippen molar-refractivity contribution in [3.05, 3.63) is 65.6 Å². The largest absolute Gasteiger partial charge is 0.416 e. The summed E-state index contributed by atoms with van der Waals surface area (Å²) < 4.78 is 40.2. The van der Waals surface area contributed by atoms with Crippen molar-refractivity contribution >= 4 is 23.5 Å². The van der Waals surface area contributed by atoms with Gasteiger partial charge in [0.05, 0.1) is 5.56 Å². The van der Waals surface area contributed by atoms with Gasteiger partial charge in [-0.1, -0.05) is 23.9 Å². The number of amides is 1. The number of carbonyl (C=O) groups is 1. The molecule has 6 nitrogen and oxygen atoms in total. The van der Waals surface area contributed by atoms with E-state index in [9.17, 15) is 18.0 Å². The van der Waals surface area contributed by atoms with Crippen molar-refractivity contribution in [3.8, 4) is 0 Å². The van der Waals surface area contributed by atoms with Crippen LogP contribution in [0.15, 0.2) is 54.1 Å². The molecule has 0 aliphatic heterocycles. The fourth-order valence-corrected chi connectivity index (χ4v) is 3.31. The molecule has 1 amide bonds. The fraction of sp³-hybridized carbons (Fsp3) is 0.222. The Bertz CT molecular complexity index is 989. The Morgan fingerprint density at radius 2 is 2.04 bits per heavy atom. The first kappa shape index (κ1) is 19.9. The van der Waals surface area contributed by atoms with Gasteiger partial charge in [-0.15, -0.1) is 10.2 Å². The average Bonchev–Trinajstić information content (AvgIpc) is 3.06. The molecule has 146 valence electrons. The van der Waals surface area contributed by atoms with Gasteiger partial charge in [0, 0.05) is 24.1 Å². The molecule has 3 rings (SSSR count). The van der Waals surface area contributed by atoms with Crippen molar-refractivity contribution in [2.45, 2.75) is 23.5 Å². The van der Waals surface area contributed by atoms with Crippen LogP contribution in [0.1, 0.15) is 33.7 Å². The topological polar surface area (TPSA) is 72.7 Å². The average molecular weight is 407 g/mol. The van der Waals surface area contributed by atoms with Crippen LogP contribution in [0.5, 0.6) is 0 Å². The predicted octanol–water partition coefficient (Wildman–Crippen LogP) is 4.33. The molecule has 10 heteroatoms. The van der Waals surface area contributed by atoms with Crippen LogP contribution in [0.4, 0.5) is 19.0 Å². The molecule has 0 spiro atoms. The third-order valence-electron chi connectivity index (χ3n) is 3.90. The zero-order valence-corrected chi connectivity index (χ0v) is 15.8. The molecule has 0 saturated carbocycles. The van der Waals surface area contributed by atoms with Gasteiger partial charge in [-0.05, 0) is 36.8 Å². The number of hydrogen-bond donors (Lipinski definition) is 1. The van der Waals surface area contributed by atoms with Crippen molar-refractivity contribution in [3.63, 3.8) is 0 Å². The van der Waals surface area contributed by atoms with E-state index in [0.29, 0.717) is 5.56 Å². The van der Waals surface area contributed by atoms with Crippen LogP contribution in [0.2, 0.25) is 0 Å². The second-order valence-corrected chi connectivity index (χ2v) is 7.30. The molecule has 2 heterocycles. The lowest BCUT2D eigenvalue weighted by Crippen LogP contribution is -2.14. The van der Waals surface area contributed by atoms with Crippen molar-refractivity contribution in [2.75, 3.05) is 5.32 Å². The lowest BCUT2D eigenvalue weighted by molar-refractivity contribution is -0.137. The number of halogens is 3. The maximum Gasteiger partial charge on any atom is 0.416 e. The van der Waals surface area contributed by atoms with Gasteiger partial charge in [0.15, 0.2) is 5.16 Å². The summed E-state index contributed by atoms with van der Waals surface area (Å²) in [7, 11) is 1.83. The first-order valence-electron chi connectivity index (χ1n) is 8.19. The Balaban J connectivity index is 1.74. The number of rotatable bonds is 5. The van der Waals surface area contributed by atoms with E-state index in [2.05, 4.69) is 20.5 Å². The van der Waals surface area contributed by atoms with E-state index in [1.807, 2.05) is 20.0 Å². The normalized spacial score (nSPS) is 12.6. The highest BCUT2D eigenvalue weighted by atomic mass is 32.2. The summed E-state index contributed by atoms with van der Waals surface area (Å²) in [6.45, 7) is 1.96. The number of benzene rings is 1. The first-order valence-corrected chi connectivity index (χ1v) is 9.07. The molecule has 2 aromatic heterocycles. The number of pyridine rings is 1. The number of nitrogens with one attached hydrogen (secondary N) is 1. The summed E-state index contributed by atoms with van der Waals surface area (Å²) in [6.07, 6.45) is -1.90. The van der Waals surface area contributed by atoms with E-state index in [1.165, 1.54) is 11.8 Å². The predicted molar refractivity (Wildman–Crippen MR) is 98.9 cm³/mol. The third-order valence-corrected chi connectivity index (χ3v) is 5.11. The molecule has 1 aromatic carbocycles. The number of aryl methyl sites for hydroxylation is 1. The van der Waals surface area contributed by atoms with Gasteiger partial charge in [-0.3, -0.25) is 4.79 Å². The van der Waals surface area contributed by atoms with E-state index in [-0.39, 0.29) is 11.1 Å². The highest BCUT2D eigenvalue weighted by Gasteiger charge is 2.30.